The van der Waals surface area contributed by atoms with Crippen molar-refractivity contribution in [3.05, 3.63) is 29.8 Å². The number of nitrogens with zero attached hydrogens (tertiary/aromatic N) is 1. The molecule has 0 amide bonds. The van der Waals surface area contributed by atoms with E-state index in [0.717, 1.165) is 5.92 Å². The van der Waals surface area contributed by atoms with E-state index >= 15 is 0 Å². The smallest absolute Gasteiger partial charge is 0.0668 e. The first-order valence-corrected chi connectivity index (χ1v) is 7.38. The van der Waals surface area contributed by atoms with E-state index in [9.17, 15) is 0 Å². The van der Waals surface area contributed by atoms with Crippen LogP contribution in [0.25, 0.3) is 0 Å². The molecule has 3 unspecified atom stereocenters. The molecule has 0 N–H and O–H groups in total. The molecule has 1 aliphatic carbocycles. The average Bonchev–Trinajstić information content (AvgIpc) is 2.49. The lowest BCUT2D eigenvalue weighted by atomic mass is 9.77. The van der Waals surface area contributed by atoms with Gasteiger partial charge >= 0.3 is 0 Å². The molecule has 1 nitrogen and oxygen atoms in total. The maximum absolute atomic E-state index is 4.69. The number of fused-ring (bicyclic) bond motifs is 2. The van der Waals surface area contributed by atoms with Crippen LogP contribution in [0.2, 0.25) is 0 Å². The molecule has 0 saturated heterocycles. The van der Waals surface area contributed by atoms with Crippen molar-refractivity contribution in [2.24, 2.45) is 16.8 Å². The molecule has 0 spiro atoms. The Bertz CT molecular complexity index is 413. The molecular weight excluding hydrogens is 309 g/mol. The van der Waals surface area contributed by atoms with Gasteiger partial charge in [0.25, 0.3) is 0 Å². The highest BCUT2D eigenvalue weighted by atomic mass is 127. The minimum atomic E-state index is 0.640. The summed E-state index contributed by atoms with van der Waals surface area (Å²) in [5.74, 6) is 1.52. The second kappa shape index (κ2) is 4.47. The molecule has 1 aliphatic heterocycles. The molecule has 2 aliphatic rings. The van der Waals surface area contributed by atoms with Gasteiger partial charge in [-0.3, -0.25) is 4.99 Å². The van der Waals surface area contributed by atoms with Crippen molar-refractivity contribution < 1.29 is 0 Å². The summed E-state index contributed by atoms with van der Waals surface area (Å²) < 4.78 is 0.640. The molecule has 3 rings (SSSR count). The summed E-state index contributed by atoms with van der Waals surface area (Å²) in [6.45, 7) is 0. The van der Waals surface area contributed by atoms with Crippen LogP contribution in [0, 0.1) is 11.8 Å². The Balaban J connectivity index is 2.03. The molecule has 0 bridgehead atoms. The maximum Gasteiger partial charge on any atom is 0.0668 e. The topological polar surface area (TPSA) is 12.4 Å². The maximum atomic E-state index is 4.69. The zero-order valence-electron chi connectivity index (χ0n) is 9.27. The number of hydrogen-bond acceptors (Lipinski definition) is 1. The van der Waals surface area contributed by atoms with Crippen LogP contribution >= 0.6 is 22.6 Å². The SMILES string of the molecule is IC1c2ccccc2N=CC2CCCCC21. The third-order valence-corrected chi connectivity index (χ3v) is 5.48. The van der Waals surface area contributed by atoms with Gasteiger partial charge in [-0.05, 0) is 36.3 Å². The number of halogens is 1. The quantitative estimate of drug-likeness (QED) is 0.485. The summed E-state index contributed by atoms with van der Waals surface area (Å²) in [6.07, 6.45) is 7.71. The predicted molar refractivity (Wildman–Crippen MR) is 76.8 cm³/mol. The van der Waals surface area contributed by atoms with Gasteiger partial charge in [0.15, 0.2) is 0 Å². The number of hydrogen-bond donors (Lipinski definition) is 0. The minimum absolute atomic E-state index is 0.640. The van der Waals surface area contributed by atoms with Crippen molar-refractivity contribution in [1.29, 1.82) is 0 Å². The summed E-state index contributed by atoms with van der Waals surface area (Å²) in [5.41, 5.74) is 2.63. The molecule has 2 heteroatoms. The number of aliphatic imine (C=N–C) groups is 1. The number of alkyl halides is 1. The van der Waals surface area contributed by atoms with Gasteiger partial charge in [0.2, 0.25) is 0 Å². The Morgan fingerprint density at radius 1 is 1.12 bits per heavy atom. The predicted octanol–water partition coefficient (Wildman–Crippen LogP) is 4.69. The molecule has 16 heavy (non-hydrogen) atoms. The Hall–Kier alpha value is -0.380. The lowest BCUT2D eigenvalue weighted by Crippen LogP contribution is -2.23. The summed E-state index contributed by atoms with van der Waals surface area (Å²) in [7, 11) is 0. The van der Waals surface area contributed by atoms with Crippen LogP contribution in [0.1, 0.15) is 35.2 Å². The Labute approximate surface area is 110 Å². The van der Waals surface area contributed by atoms with E-state index in [1.807, 2.05) is 0 Å². The van der Waals surface area contributed by atoms with Crippen molar-refractivity contribution >= 4 is 34.5 Å². The molecule has 3 atom stereocenters. The first-order chi connectivity index (χ1) is 7.86. The highest BCUT2D eigenvalue weighted by molar-refractivity contribution is 14.1. The fourth-order valence-corrected chi connectivity index (χ4v) is 4.40. The standard InChI is InChI=1S/C14H16IN/c15-14-11-6-2-1-5-10(11)9-16-13-8-4-3-7-12(13)14/h3-4,7-11,14H,1-2,5-6H2. The fourth-order valence-electron chi connectivity index (χ4n) is 2.98. The monoisotopic (exact) mass is 325 g/mol. The molecule has 1 saturated carbocycles. The van der Waals surface area contributed by atoms with Gasteiger partial charge in [0, 0.05) is 10.1 Å². The van der Waals surface area contributed by atoms with E-state index < -0.39 is 0 Å². The highest BCUT2D eigenvalue weighted by Gasteiger charge is 2.32. The third kappa shape index (κ3) is 1.81. The van der Waals surface area contributed by atoms with Gasteiger partial charge in [-0.1, -0.05) is 53.6 Å². The Morgan fingerprint density at radius 3 is 2.88 bits per heavy atom. The van der Waals surface area contributed by atoms with Gasteiger partial charge in [0.1, 0.15) is 0 Å². The summed E-state index contributed by atoms with van der Waals surface area (Å²) in [5, 5.41) is 0. The molecule has 1 aromatic carbocycles. The van der Waals surface area contributed by atoms with E-state index in [2.05, 4.69) is 53.1 Å². The summed E-state index contributed by atoms with van der Waals surface area (Å²) in [4.78, 5) is 4.69. The fraction of sp³-hybridized carbons (Fsp3) is 0.500. The third-order valence-electron chi connectivity index (χ3n) is 3.89. The van der Waals surface area contributed by atoms with Crippen LogP contribution < -0.4 is 0 Å². The lowest BCUT2D eigenvalue weighted by Gasteiger charge is -2.31. The van der Waals surface area contributed by atoms with Gasteiger partial charge in [-0.15, -0.1) is 0 Å². The first-order valence-electron chi connectivity index (χ1n) is 6.13. The van der Waals surface area contributed by atoms with Crippen LogP contribution in [0.4, 0.5) is 5.69 Å². The Morgan fingerprint density at radius 2 is 1.94 bits per heavy atom. The van der Waals surface area contributed by atoms with Gasteiger partial charge < -0.3 is 0 Å². The van der Waals surface area contributed by atoms with E-state index in [-0.39, 0.29) is 0 Å². The minimum Gasteiger partial charge on any atom is -0.261 e. The van der Waals surface area contributed by atoms with Crippen molar-refractivity contribution in [2.45, 2.75) is 29.6 Å². The van der Waals surface area contributed by atoms with Gasteiger partial charge in [0.05, 0.1) is 5.69 Å². The van der Waals surface area contributed by atoms with Crippen LogP contribution in [0.5, 0.6) is 0 Å². The van der Waals surface area contributed by atoms with Crippen LogP contribution in [0.3, 0.4) is 0 Å². The molecule has 0 aromatic heterocycles. The van der Waals surface area contributed by atoms with Crippen LogP contribution in [0.15, 0.2) is 29.3 Å². The lowest BCUT2D eigenvalue weighted by molar-refractivity contribution is 0.307. The summed E-state index contributed by atoms with van der Waals surface area (Å²) >= 11 is 2.63. The van der Waals surface area contributed by atoms with E-state index in [1.165, 1.54) is 36.9 Å². The largest absolute Gasteiger partial charge is 0.261 e. The number of rotatable bonds is 0. The van der Waals surface area contributed by atoms with E-state index in [1.54, 1.807) is 0 Å². The van der Waals surface area contributed by atoms with E-state index in [0.29, 0.717) is 9.84 Å². The average molecular weight is 325 g/mol. The zero-order chi connectivity index (χ0) is 11.0. The van der Waals surface area contributed by atoms with Crippen molar-refractivity contribution in [1.82, 2.24) is 0 Å². The van der Waals surface area contributed by atoms with Gasteiger partial charge in [-0.25, -0.2) is 0 Å². The van der Waals surface area contributed by atoms with Crippen LogP contribution in [-0.4, -0.2) is 6.21 Å². The van der Waals surface area contributed by atoms with Crippen molar-refractivity contribution in [3.8, 4) is 0 Å². The summed E-state index contributed by atoms with van der Waals surface area (Å²) in [6, 6.07) is 8.63. The Kier molecular flexibility index (Phi) is 3.01. The van der Waals surface area contributed by atoms with Gasteiger partial charge in [-0.2, -0.15) is 0 Å². The molecular formula is C14H16IN. The van der Waals surface area contributed by atoms with Crippen molar-refractivity contribution in [2.75, 3.05) is 0 Å². The van der Waals surface area contributed by atoms with E-state index in [4.69, 9.17) is 4.99 Å². The zero-order valence-corrected chi connectivity index (χ0v) is 11.4. The highest BCUT2D eigenvalue weighted by Crippen LogP contribution is 2.47. The molecule has 1 aromatic rings. The molecule has 84 valence electrons. The number of benzene rings is 1. The van der Waals surface area contributed by atoms with Crippen LogP contribution in [-0.2, 0) is 0 Å². The second-order valence-electron chi connectivity index (χ2n) is 4.85. The first kappa shape index (κ1) is 10.8. The molecule has 0 radical (unpaired) electrons. The van der Waals surface area contributed by atoms with Crippen molar-refractivity contribution in [3.63, 3.8) is 0 Å². The number of para-hydroxylation sites is 1. The normalized spacial score (nSPS) is 32.7. The molecule has 1 heterocycles. The molecule has 1 fully saturated rings. The second-order valence-corrected chi connectivity index (χ2v) is 6.19.